The number of ether oxygens (including phenoxy) is 1. The van der Waals surface area contributed by atoms with E-state index in [0.717, 1.165) is 45.0 Å². The van der Waals surface area contributed by atoms with Crippen LogP contribution in [0.15, 0.2) is 23.3 Å². The number of nitrogens with zero attached hydrogens (tertiary/aromatic N) is 3. The van der Waals surface area contributed by atoms with E-state index in [1.807, 2.05) is 0 Å². The van der Waals surface area contributed by atoms with E-state index in [-0.39, 0.29) is 0 Å². The van der Waals surface area contributed by atoms with Gasteiger partial charge in [-0.2, -0.15) is 0 Å². The highest BCUT2D eigenvalue weighted by Crippen LogP contribution is 2.23. The number of unbranched alkanes of at least 4 members (excludes halogenated alkanes) is 9. The van der Waals surface area contributed by atoms with Gasteiger partial charge in [-0.15, -0.1) is 5.10 Å². The van der Waals surface area contributed by atoms with Crippen molar-refractivity contribution in [3.05, 3.63) is 28.8 Å². The van der Waals surface area contributed by atoms with Crippen LogP contribution in [-0.2, 0) is 4.74 Å². The van der Waals surface area contributed by atoms with E-state index in [1.54, 1.807) is 12.1 Å². The van der Waals surface area contributed by atoms with Gasteiger partial charge in [0.2, 0.25) is 5.96 Å². The second-order valence-corrected chi connectivity index (χ2v) is 9.56. The number of carbonyl (C=O) groups excluding carboxylic acids is 2. The minimum Gasteiger partial charge on any atom is -0.462 e. The number of hydrazone groups is 1. The molecule has 1 aromatic rings. The topological polar surface area (TPSA) is 86.3 Å². The van der Waals surface area contributed by atoms with E-state index in [1.165, 1.54) is 57.4 Å². The summed E-state index contributed by atoms with van der Waals surface area (Å²) in [6, 6.07) is 4.18. The third-order valence-electron chi connectivity index (χ3n) is 6.41. The highest BCUT2D eigenvalue weighted by Gasteiger charge is 2.24. The zero-order valence-corrected chi connectivity index (χ0v) is 23.0. The zero-order chi connectivity index (χ0) is 26.2. The summed E-state index contributed by atoms with van der Waals surface area (Å²) in [7, 11) is 0. The van der Waals surface area contributed by atoms with Crippen molar-refractivity contribution in [1.29, 1.82) is 0 Å². The van der Waals surface area contributed by atoms with E-state index in [0.29, 0.717) is 22.9 Å². The van der Waals surface area contributed by atoms with Crippen LogP contribution in [-0.4, -0.2) is 60.5 Å². The number of anilines is 1. The number of carbonyl (C=O) groups is 2. The van der Waals surface area contributed by atoms with Crippen LogP contribution in [0.1, 0.15) is 95.3 Å². The first-order valence-electron chi connectivity index (χ1n) is 13.6. The van der Waals surface area contributed by atoms with E-state index >= 15 is 0 Å². The number of rotatable bonds is 16. The average Bonchev–Trinajstić information content (AvgIpc) is 3.29. The van der Waals surface area contributed by atoms with Crippen molar-refractivity contribution in [2.45, 2.75) is 85.0 Å². The predicted molar refractivity (Wildman–Crippen MR) is 148 cm³/mol. The van der Waals surface area contributed by atoms with Crippen molar-refractivity contribution in [2.75, 3.05) is 38.1 Å². The molecule has 1 saturated heterocycles. The Bertz CT molecular complexity index is 835. The van der Waals surface area contributed by atoms with E-state index in [4.69, 9.17) is 16.3 Å². The van der Waals surface area contributed by atoms with Crippen molar-refractivity contribution in [3.8, 4) is 0 Å². The molecule has 1 aliphatic heterocycles. The maximum Gasteiger partial charge on any atom is 0.339 e. The summed E-state index contributed by atoms with van der Waals surface area (Å²) in [5, 5.41) is 7.28. The number of urea groups is 1. The van der Waals surface area contributed by atoms with Gasteiger partial charge in [0, 0.05) is 26.2 Å². The zero-order valence-electron chi connectivity index (χ0n) is 22.3. The molecule has 8 nitrogen and oxygen atoms in total. The molecule has 0 atom stereocenters. The van der Waals surface area contributed by atoms with Crippen LogP contribution >= 0.6 is 11.6 Å². The fraction of sp³-hybridized carbons (Fsp3) is 0.667. The summed E-state index contributed by atoms with van der Waals surface area (Å²) in [4.78, 5) is 29.1. The number of likely N-dealkylation sites (N-methyl/N-ethyl adjacent to an activating group) is 2. The lowest BCUT2D eigenvalue weighted by Gasteiger charge is -2.20. The standard InChI is InChI=1S/C27H44ClN5O3/c1-4-7-8-9-10-11-12-13-14-15-20-36-25(34)22-16-17-23(28)24(21-22)29-26(35)30-31-27-32(5-2)18-19-33(27)6-3/h16-17,21H,4-15,18-20H2,1-3H3,(H2,29,30,35). The summed E-state index contributed by atoms with van der Waals surface area (Å²) < 4.78 is 5.42. The molecule has 0 unspecified atom stereocenters. The molecule has 1 aromatic carbocycles. The number of halogens is 1. The molecule has 9 heteroatoms. The molecule has 0 saturated carbocycles. The Balaban J connectivity index is 1.73. The van der Waals surface area contributed by atoms with Crippen LogP contribution in [0.4, 0.5) is 10.5 Å². The van der Waals surface area contributed by atoms with Crippen LogP contribution in [0.5, 0.6) is 0 Å². The van der Waals surface area contributed by atoms with Gasteiger partial charge in [0.15, 0.2) is 0 Å². The molecule has 2 rings (SSSR count). The van der Waals surface area contributed by atoms with Crippen LogP contribution in [0.2, 0.25) is 5.02 Å². The van der Waals surface area contributed by atoms with Gasteiger partial charge in [-0.3, -0.25) is 0 Å². The third-order valence-corrected chi connectivity index (χ3v) is 6.74. The van der Waals surface area contributed by atoms with Crippen molar-refractivity contribution < 1.29 is 14.3 Å². The molecule has 2 amide bonds. The number of hydrogen-bond donors (Lipinski definition) is 2. The van der Waals surface area contributed by atoms with Crippen LogP contribution in [0.3, 0.4) is 0 Å². The maximum atomic E-state index is 12.5. The SMILES string of the molecule is CCCCCCCCCCCCOC(=O)c1ccc(Cl)c(NC(=O)NN=C2N(CC)CCN2CC)c1. The van der Waals surface area contributed by atoms with Gasteiger partial charge < -0.3 is 19.9 Å². The molecule has 0 spiro atoms. The molecule has 1 fully saturated rings. The van der Waals surface area contributed by atoms with Gasteiger partial charge in [0.05, 0.1) is 22.9 Å². The smallest absolute Gasteiger partial charge is 0.339 e. The number of hydrogen-bond acceptors (Lipinski definition) is 4. The molecule has 0 radical (unpaired) electrons. The number of esters is 1. The van der Waals surface area contributed by atoms with Gasteiger partial charge in [0.1, 0.15) is 0 Å². The number of benzene rings is 1. The first-order chi connectivity index (χ1) is 17.5. The summed E-state index contributed by atoms with van der Waals surface area (Å²) >= 11 is 6.24. The molecular formula is C27H44ClN5O3. The number of amides is 2. The Morgan fingerprint density at radius 2 is 1.50 bits per heavy atom. The van der Waals surface area contributed by atoms with Crippen molar-refractivity contribution >= 4 is 35.2 Å². The predicted octanol–water partition coefficient (Wildman–Crippen LogP) is 6.47. The molecule has 1 heterocycles. The van der Waals surface area contributed by atoms with E-state index in [2.05, 4.69) is 46.4 Å². The van der Waals surface area contributed by atoms with Crippen LogP contribution < -0.4 is 10.7 Å². The Kier molecular flexibility index (Phi) is 14.1. The van der Waals surface area contributed by atoms with Gasteiger partial charge in [-0.25, -0.2) is 15.0 Å². The first kappa shape index (κ1) is 29.7. The fourth-order valence-electron chi connectivity index (χ4n) is 4.22. The number of nitrogens with one attached hydrogen (secondary N) is 2. The normalized spacial score (nSPS) is 13.2. The van der Waals surface area contributed by atoms with E-state index < -0.39 is 12.0 Å². The Morgan fingerprint density at radius 1 is 0.917 bits per heavy atom. The van der Waals surface area contributed by atoms with Gasteiger partial charge in [0.25, 0.3) is 0 Å². The average molecular weight is 522 g/mol. The summed E-state index contributed by atoms with van der Waals surface area (Å²) in [5.74, 6) is 0.319. The van der Waals surface area contributed by atoms with Crippen LogP contribution in [0, 0.1) is 0 Å². The Hall–Kier alpha value is -2.48. The summed E-state index contributed by atoms with van der Waals surface area (Å²) in [5.41, 5.74) is 3.21. The maximum absolute atomic E-state index is 12.5. The summed E-state index contributed by atoms with van der Waals surface area (Å²) in [6.45, 7) is 10.1. The molecule has 2 N–H and O–H groups in total. The lowest BCUT2D eigenvalue weighted by Crippen LogP contribution is -2.37. The molecule has 202 valence electrons. The third kappa shape index (κ3) is 10.2. The van der Waals surface area contributed by atoms with Crippen LogP contribution in [0.25, 0.3) is 0 Å². The van der Waals surface area contributed by atoms with Gasteiger partial charge in [-0.1, -0.05) is 76.3 Å². The molecule has 36 heavy (non-hydrogen) atoms. The highest BCUT2D eigenvalue weighted by molar-refractivity contribution is 6.33. The second-order valence-electron chi connectivity index (χ2n) is 9.15. The minimum absolute atomic E-state index is 0.328. The van der Waals surface area contributed by atoms with Gasteiger partial charge in [-0.05, 0) is 38.5 Å². The van der Waals surface area contributed by atoms with Gasteiger partial charge >= 0.3 is 12.0 Å². The van der Waals surface area contributed by atoms with Crippen molar-refractivity contribution in [1.82, 2.24) is 15.2 Å². The molecule has 0 aromatic heterocycles. The van der Waals surface area contributed by atoms with E-state index in [9.17, 15) is 9.59 Å². The molecule has 0 aliphatic carbocycles. The molecule has 1 aliphatic rings. The second kappa shape index (κ2) is 17.1. The monoisotopic (exact) mass is 521 g/mol. The Labute approximate surface area is 221 Å². The largest absolute Gasteiger partial charge is 0.462 e. The first-order valence-corrected chi connectivity index (χ1v) is 14.0. The lowest BCUT2D eigenvalue weighted by molar-refractivity contribution is 0.0497. The molecule has 0 bridgehead atoms. The summed E-state index contributed by atoms with van der Waals surface area (Å²) in [6.07, 6.45) is 12.3. The lowest BCUT2D eigenvalue weighted by atomic mass is 10.1. The highest BCUT2D eigenvalue weighted by atomic mass is 35.5. The molecular weight excluding hydrogens is 478 g/mol. The fourth-order valence-corrected chi connectivity index (χ4v) is 4.38. The number of guanidine groups is 1. The Morgan fingerprint density at radius 3 is 2.08 bits per heavy atom. The van der Waals surface area contributed by atoms with Crippen molar-refractivity contribution in [3.63, 3.8) is 0 Å². The van der Waals surface area contributed by atoms with Crippen molar-refractivity contribution in [2.24, 2.45) is 5.10 Å². The minimum atomic E-state index is -0.528. The quantitative estimate of drug-likeness (QED) is 0.148.